The van der Waals surface area contributed by atoms with E-state index in [4.69, 9.17) is 14.2 Å². The summed E-state index contributed by atoms with van der Waals surface area (Å²) in [5, 5.41) is 0. The maximum Gasteiger partial charge on any atom is 0.306 e. The van der Waals surface area contributed by atoms with Gasteiger partial charge in [0, 0.05) is 19.3 Å². The van der Waals surface area contributed by atoms with Gasteiger partial charge < -0.3 is 14.2 Å². The lowest BCUT2D eigenvalue weighted by Crippen LogP contribution is -2.30. The van der Waals surface area contributed by atoms with Crippen LogP contribution in [0.15, 0.2) is 0 Å². The lowest BCUT2D eigenvalue weighted by molar-refractivity contribution is -0.167. The Kier molecular flexibility index (Phi) is 42.3. The predicted octanol–water partition coefficient (Wildman–Crippen LogP) is 16.4. The summed E-state index contributed by atoms with van der Waals surface area (Å²) in [4.78, 5) is 37.9. The molecule has 58 heavy (non-hydrogen) atoms. The lowest BCUT2D eigenvalue weighted by Gasteiger charge is -2.18. The monoisotopic (exact) mass is 821 g/mol. The molecule has 0 rings (SSSR count). The Morgan fingerprint density at radius 2 is 0.500 bits per heavy atom. The molecular weight excluding hydrogens is 721 g/mol. The maximum atomic E-state index is 12.7. The van der Waals surface area contributed by atoms with Gasteiger partial charge in [-0.2, -0.15) is 0 Å². The van der Waals surface area contributed by atoms with Crippen molar-refractivity contribution in [3.63, 3.8) is 0 Å². The highest BCUT2D eigenvalue weighted by molar-refractivity contribution is 5.71. The zero-order valence-corrected chi connectivity index (χ0v) is 39.8. The second kappa shape index (κ2) is 43.5. The van der Waals surface area contributed by atoms with E-state index in [1.165, 1.54) is 161 Å². The third-order valence-corrected chi connectivity index (χ3v) is 11.6. The van der Waals surface area contributed by atoms with Crippen molar-refractivity contribution >= 4 is 17.9 Å². The van der Waals surface area contributed by atoms with Crippen LogP contribution in [-0.2, 0) is 28.6 Å². The molecule has 0 bridgehead atoms. The molecule has 0 saturated carbocycles. The van der Waals surface area contributed by atoms with Gasteiger partial charge >= 0.3 is 17.9 Å². The Morgan fingerprint density at radius 1 is 0.293 bits per heavy atom. The van der Waals surface area contributed by atoms with Gasteiger partial charge in [-0.25, -0.2) is 0 Å². The molecule has 6 heteroatoms. The van der Waals surface area contributed by atoms with Crippen LogP contribution in [0.4, 0.5) is 0 Å². The molecule has 0 aliphatic rings. The van der Waals surface area contributed by atoms with Crippen LogP contribution in [0.1, 0.15) is 279 Å². The van der Waals surface area contributed by atoms with Gasteiger partial charge in [0.2, 0.25) is 0 Å². The average Bonchev–Trinajstić information content (AvgIpc) is 3.18. The molecule has 0 aromatic rings. The number of esters is 3. The molecule has 0 fully saturated rings. The Morgan fingerprint density at radius 3 is 0.741 bits per heavy atom. The zero-order chi connectivity index (χ0) is 42.7. The molecule has 344 valence electrons. The minimum Gasteiger partial charge on any atom is -0.462 e. The van der Waals surface area contributed by atoms with Crippen molar-refractivity contribution in [2.24, 2.45) is 17.8 Å². The maximum absolute atomic E-state index is 12.7. The molecule has 0 spiro atoms. The fourth-order valence-corrected chi connectivity index (χ4v) is 7.76. The normalized spacial score (nSPS) is 12.2. The number of carbonyl (C=O) groups excluding carboxylic acids is 3. The summed E-state index contributed by atoms with van der Waals surface area (Å²) in [6.45, 7) is 13.7. The predicted molar refractivity (Wildman–Crippen MR) is 247 cm³/mol. The van der Waals surface area contributed by atoms with Crippen LogP contribution >= 0.6 is 0 Å². The van der Waals surface area contributed by atoms with Gasteiger partial charge in [-0.05, 0) is 37.0 Å². The Balaban J connectivity index is 4.25. The van der Waals surface area contributed by atoms with Crippen LogP contribution in [0, 0.1) is 17.8 Å². The van der Waals surface area contributed by atoms with Gasteiger partial charge in [-0.1, -0.05) is 241 Å². The molecule has 0 aromatic heterocycles. The average molecular weight is 821 g/mol. The van der Waals surface area contributed by atoms with Crippen LogP contribution in [0.25, 0.3) is 0 Å². The van der Waals surface area contributed by atoms with E-state index in [0.29, 0.717) is 19.3 Å². The fourth-order valence-electron chi connectivity index (χ4n) is 7.76. The molecule has 0 aliphatic carbocycles. The van der Waals surface area contributed by atoms with Crippen molar-refractivity contribution in [1.29, 1.82) is 0 Å². The summed E-state index contributed by atoms with van der Waals surface area (Å²) in [6.07, 6.45) is 42.5. The summed E-state index contributed by atoms with van der Waals surface area (Å²) >= 11 is 0. The summed E-state index contributed by atoms with van der Waals surface area (Å²) in [5.74, 6) is 1.57. The third kappa shape index (κ3) is 45.5. The Bertz CT molecular complexity index is 898. The SMILES string of the molecule is CC(C)CCCCCCCCCCCCCCCC(=O)OC[C@@H](COC(=O)CCCCCCCCCCCCCCC(C)C)OC(=O)CCCCCCCCC(C)C. The van der Waals surface area contributed by atoms with Crippen molar-refractivity contribution in [1.82, 2.24) is 0 Å². The molecule has 0 N–H and O–H groups in total. The molecule has 0 saturated heterocycles. The van der Waals surface area contributed by atoms with Crippen molar-refractivity contribution in [3.05, 3.63) is 0 Å². The third-order valence-electron chi connectivity index (χ3n) is 11.6. The van der Waals surface area contributed by atoms with Crippen molar-refractivity contribution in [2.75, 3.05) is 13.2 Å². The van der Waals surface area contributed by atoms with Gasteiger partial charge in [-0.3, -0.25) is 14.4 Å². The number of unbranched alkanes of at least 4 members (excludes halogenated alkanes) is 28. The first-order valence-electron chi connectivity index (χ1n) is 25.6. The quantitative estimate of drug-likeness (QED) is 0.0346. The topological polar surface area (TPSA) is 78.9 Å². The van der Waals surface area contributed by atoms with Gasteiger partial charge in [0.1, 0.15) is 13.2 Å². The molecule has 0 radical (unpaired) electrons. The first-order chi connectivity index (χ1) is 28.1. The molecule has 6 nitrogen and oxygen atoms in total. The molecule has 0 heterocycles. The number of hydrogen-bond acceptors (Lipinski definition) is 6. The molecule has 0 unspecified atom stereocenters. The van der Waals surface area contributed by atoms with E-state index in [1.54, 1.807) is 0 Å². The fraction of sp³-hybridized carbons (Fsp3) is 0.942. The van der Waals surface area contributed by atoms with Crippen molar-refractivity contribution in [3.8, 4) is 0 Å². The summed E-state index contributed by atoms with van der Waals surface area (Å²) in [5.41, 5.74) is 0. The molecule has 1 atom stereocenters. The van der Waals surface area contributed by atoms with E-state index in [-0.39, 0.29) is 31.1 Å². The number of carbonyl (C=O) groups is 3. The van der Waals surface area contributed by atoms with E-state index < -0.39 is 6.10 Å². The molecule has 0 aromatic carbocycles. The van der Waals surface area contributed by atoms with Gasteiger partial charge in [0.15, 0.2) is 6.10 Å². The highest BCUT2D eigenvalue weighted by atomic mass is 16.6. The van der Waals surface area contributed by atoms with Crippen LogP contribution in [0.3, 0.4) is 0 Å². The summed E-state index contributed by atoms with van der Waals surface area (Å²) < 4.78 is 16.8. The first kappa shape index (κ1) is 56.4. The second-order valence-electron chi connectivity index (χ2n) is 19.2. The number of ether oxygens (including phenoxy) is 3. The summed E-state index contributed by atoms with van der Waals surface area (Å²) in [7, 11) is 0. The lowest BCUT2D eigenvalue weighted by atomic mass is 10.0. The van der Waals surface area contributed by atoms with Crippen molar-refractivity contribution in [2.45, 2.75) is 285 Å². The number of rotatable bonds is 45. The van der Waals surface area contributed by atoms with E-state index >= 15 is 0 Å². The first-order valence-corrected chi connectivity index (χ1v) is 25.6. The van der Waals surface area contributed by atoms with E-state index in [1.807, 2.05) is 0 Å². The van der Waals surface area contributed by atoms with Crippen LogP contribution in [0.2, 0.25) is 0 Å². The second-order valence-corrected chi connectivity index (χ2v) is 19.2. The molecular formula is C52H100O6. The van der Waals surface area contributed by atoms with Gasteiger partial charge in [0.05, 0.1) is 0 Å². The largest absolute Gasteiger partial charge is 0.462 e. The highest BCUT2D eigenvalue weighted by Gasteiger charge is 2.19. The Labute approximate surface area is 361 Å². The minimum atomic E-state index is -0.763. The standard InChI is InChI=1S/C52H100O6/c1-46(2)38-32-26-20-16-12-8-7-9-14-18-22-29-35-41-50(53)56-44-49(58-52(55)43-37-31-25-24-28-34-40-48(5)6)45-57-51(54)42-36-30-23-19-15-11-10-13-17-21-27-33-39-47(3)4/h46-49H,7-45H2,1-6H3/t49-/m0/s1. The van der Waals surface area contributed by atoms with E-state index in [0.717, 1.165) is 75.5 Å². The molecule has 0 amide bonds. The van der Waals surface area contributed by atoms with Gasteiger partial charge in [-0.15, -0.1) is 0 Å². The van der Waals surface area contributed by atoms with E-state index in [9.17, 15) is 14.4 Å². The minimum absolute atomic E-state index is 0.0657. The Hall–Kier alpha value is -1.59. The van der Waals surface area contributed by atoms with E-state index in [2.05, 4.69) is 41.5 Å². The van der Waals surface area contributed by atoms with Crippen LogP contribution < -0.4 is 0 Å². The highest BCUT2D eigenvalue weighted by Crippen LogP contribution is 2.17. The number of hydrogen-bond donors (Lipinski definition) is 0. The zero-order valence-electron chi connectivity index (χ0n) is 39.8. The van der Waals surface area contributed by atoms with Gasteiger partial charge in [0.25, 0.3) is 0 Å². The molecule has 0 aliphatic heterocycles. The smallest absolute Gasteiger partial charge is 0.306 e. The van der Waals surface area contributed by atoms with Crippen molar-refractivity contribution < 1.29 is 28.6 Å². The van der Waals surface area contributed by atoms with Crippen LogP contribution in [-0.4, -0.2) is 37.2 Å². The van der Waals surface area contributed by atoms with Crippen LogP contribution in [0.5, 0.6) is 0 Å². The summed E-state index contributed by atoms with van der Waals surface area (Å²) in [6, 6.07) is 0.